The van der Waals surface area contributed by atoms with Crippen LogP contribution in [0, 0.1) is 5.41 Å². The summed E-state index contributed by atoms with van der Waals surface area (Å²) in [5.41, 5.74) is 4.93. The van der Waals surface area contributed by atoms with E-state index >= 15 is 0 Å². The van der Waals surface area contributed by atoms with Gasteiger partial charge in [-0.05, 0) is 27.2 Å². The number of nitrogens with two attached hydrogens (primary N) is 1. The maximum atomic E-state index is 11.8. The van der Waals surface area contributed by atoms with Crippen molar-refractivity contribution < 1.29 is 14.3 Å². The fraction of sp³-hybridized carbons (Fsp3) is 0.818. The highest BCUT2D eigenvalue weighted by atomic mass is 16.5. The summed E-state index contributed by atoms with van der Waals surface area (Å²) in [6, 6.07) is -0.634. The molecule has 3 N–H and O–H groups in total. The second kappa shape index (κ2) is 6.48. The van der Waals surface area contributed by atoms with Crippen LogP contribution in [0.15, 0.2) is 0 Å². The van der Waals surface area contributed by atoms with E-state index in [0.29, 0.717) is 13.0 Å². The van der Waals surface area contributed by atoms with Crippen LogP contribution in [0.5, 0.6) is 0 Å². The Kier molecular flexibility index (Phi) is 6.03. The van der Waals surface area contributed by atoms with E-state index in [2.05, 4.69) is 5.32 Å². The Balaban J connectivity index is 4.39. The molecule has 0 rings (SSSR count). The zero-order valence-corrected chi connectivity index (χ0v) is 10.5. The van der Waals surface area contributed by atoms with Crippen molar-refractivity contribution in [2.24, 2.45) is 11.1 Å². The first-order valence-electron chi connectivity index (χ1n) is 5.59. The highest BCUT2D eigenvalue weighted by Gasteiger charge is 2.31. The highest BCUT2D eigenvalue weighted by Crippen LogP contribution is 2.19. The van der Waals surface area contributed by atoms with Gasteiger partial charge >= 0.3 is 5.97 Å². The highest BCUT2D eigenvalue weighted by molar-refractivity contribution is 5.87. The van der Waals surface area contributed by atoms with Crippen molar-refractivity contribution in [1.82, 2.24) is 5.32 Å². The molecule has 0 spiro atoms. The molecule has 5 nitrogen and oxygen atoms in total. The molecule has 0 radical (unpaired) electrons. The molecule has 0 fully saturated rings. The average Bonchev–Trinajstić information content (AvgIpc) is 2.28. The van der Waals surface area contributed by atoms with E-state index in [0.717, 1.165) is 0 Å². The molecular weight excluding hydrogens is 208 g/mol. The van der Waals surface area contributed by atoms with Crippen LogP contribution in [-0.4, -0.2) is 31.1 Å². The Hall–Kier alpha value is -1.10. The Morgan fingerprint density at radius 2 is 2.00 bits per heavy atom. The minimum Gasteiger partial charge on any atom is -0.464 e. The molecule has 0 saturated heterocycles. The zero-order valence-electron chi connectivity index (χ0n) is 10.5. The van der Waals surface area contributed by atoms with E-state index in [1.54, 1.807) is 20.8 Å². The second-order valence-electron chi connectivity index (χ2n) is 4.07. The molecule has 0 aromatic carbocycles. The van der Waals surface area contributed by atoms with Gasteiger partial charge in [0.15, 0.2) is 0 Å². The molecule has 0 bridgehead atoms. The van der Waals surface area contributed by atoms with Gasteiger partial charge in [0.1, 0.15) is 6.04 Å². The number of esters is 1. The Morgan fingerprint density at radius 3 is 2.38 bits per heavy atom. The molecule has 94 valence electrons. The average molecular weight is 230 g/mol. The lowest BCUT2D eigenvalue weighted by Crippen LogP contribution is -2.49. The van der Waals surface area contributed by atoms with Crippen molar-refractivity contribution in [2.75, 3.05) is 13.2 Å². The number of carbonyl (C=O) groups excluding carboxylic acids is 2. The number of nitrogens with one attached hydrogen (secondary N) is 1. The van der Waals surface area contributed by atoms with Crippen molar-refractivity contribution in [3.8, 4) is 0 Å². The van der Waals surface area contributed by atoms with Gasteiger partial charge in [0.25, 0.3) is 0 Å². The van der Waals surface area contributed by atoms with Crippen LogP contribution in [0.1, 0.15) is 34.1 Å². The first-order valence-corrected chi connectivity index (χ1v) is 5.59. The fourth-order valence-corrected chi connectivity index (χ4v) is 1.09. The lowest BCUT2D eigenvalue weighted by Gasteiger charge is -2.26. The minimum absolute atomic E-state index is 0.210. The number of carbonyl (C=O) groups is 2. The van der Waals surface area contributed by atoms with Crippen molar-refractivity contribution in [1.29, 1.82) is 0 Å². The number of hydrogen-bond acceptors (Lipinski definition) is 4. The van der Waals surface area contributed by atoms with Gasteiger partial charge in [0, 0.05) is 6.54 Å². The summed E-state index contributed by atoms with van der Waals surface area (Å²) in [7, 11) is 0. The predicted octanol–water partition coefficient (Wildman–Crippen LogP) is 0.429. The van der Waals surface area contributed by atoms with Gasteiger partial charge in [0.05, 0.1) is 12.0 Å². The summed E-state index contributed by atoms with van der Waals surface area (Å²) >= 11 is 0. The molecule has 1 amide bonds. The Morgan fingerprint density at radius 1 is 1.44 bits per heavy atom. The largest absolute Gasteiger partial charge is 0.464 e. The van der Waals surface area contributed by atoms with Crippen LogP contribution in [0.3, 0.4) is 0 Å². The third-order valence-corrected chi connectivity index (χ3v) is 2.77. The first-order chi connectivity index (χ1) is 7.41. The number of hydrogen-bond donors (Lipinski definition) is 2. The molecule has 5 heteroatoms. The van der Waals surface area contributed by atoms with Gasteiger partial charge in [-0.15, -0.1) is 0 Å². The molecule has 0 aliphatic carbocycles. The minimum atomic E-state index is -0.634. The smallest absolute Gasteiger partial charge is 0.328 e. The predicted molar refractivity (Wildman–Crippen MR) is 61.7 cm³/mol. The maximum absolute atomic E-state index is 11.8. The van der Waals surface area contributed by atoms with Crippen LogP contribution in [0.4, 0.5) is 0 Å². The van der Waals surface area contributed by atoms with E-state index in [1.165, 1.54) is 0 Å². The van der Waals surface area contributed by atoms with Crippen molar-refractivity contribution in [3.63, 3.8) is 0 Å². The van der Waals surface area contributed by atoms with Crippen LogP contribution < -0.4 is 11.1 Å². The van der Waals surface area contributed by atoms with Gasteiger partial charge in [-0.3, -0.25) is 4.79 Å². The fourth-order valence-electron chi connectivity index (χ4n) is 1.09. The van der Waals surface area contributed by atoms with E-state index in [9.17, 15) is 9.59 Å². The number of ether oxygens (including phenoxy) is 1. The lowest BCUT2D eigenvalue weighted by atomic mass is 9.86. The summed E-state index contributed by atoms with van der Waals surface area (Å²) < 4.78 is 4.80. The van der Waals surface area contributed by atoms with Crippen molar-refractivity contribution in [3.05, 3.63) is 0 Å². The van der Waals surface area contributed by atoms with E-state index < -0.39 is 17.4 Å². The molecule has 0 aromatic rings. The second-order valence-corrected chi connectivity index (χ2v) is 4.07. The van der Waals surface area contributed by atoms with E-state index in [1.807, 2.05) is 6.92 Å². The Bertz CT molecular complexity index is 250. The molecule has 0 aliphatic rings. The Labute approximate surface area is 96.7 Å². The molecule has 0 heterocycles. The summed E-state index contributed by atoms with van der Waals surface area (Å²) in [5.74, 6) is -0.635. The molecule has 0 saturated carbocycles. The molecule has 0 aliphatic heterocycles. The molecule has 0 aromatic heterocycles. The lowest BCUT2D eigenvalue weighted by molar-refractivity contribution is -0.148. The maximum Gasteiger partial charge on any atom is 0.328 e. The van der Waals surface area contributed by atoms with Crippen LogP contribution >= 0.6 is 0 Å². The standard InChI is InChI=1S/C11H22N2O3/c1-5-11(4,7-12)10(15)13-8(3)9(14)16-6-2/h8H,5-7,12H2,1-4H3,(H,13,15). The first kappa shape index (κ1) is 14.9. The quantitative estimate of drug-likeness (QED) is 0.648. The van der Waals surface area contributed by atoms with Gasteiger partial charge < -0.3 is 15.8 Å². The SMILES string of the molecule is CCOC(=O)C(C)NC(=O)C(C)(CC)CN. The van der Waals surface area contributed by atoms with Crippen molar-refractivity contribution >= 4 is 11.9 Å². The van der Waals surface area contributed by atoms with Gasteiger partial charge in [0.2, 0.25) is 5.91 Å². The number of amides is 1. The van der Waals surface area contributed by atoms with Crippen LogP contribution in [0.25, 0.3) is 0 Å². The summed E-state index contributed by atoms with van der Waals surface area (Å²) in [5, 5.41) is 2.61. The molecular formula is C11H22N2O3. The van der Waals surface area contributed by atoms with Crippen molar-refractivity contribution in [2.45, 2.75) is 40.2 Å². The molecule has 16 heavy (non-hydrogen) atoms. The zero-order chi connectivity index (χ0) is 12.8. The van der Waals surface area contributed by atoms with Crippen LogP contribution in [0.2, 0.25) is 0 Å². The van der Waals surface area contributed by atoms with Gasteiger partial charge in [-0.25, -0.2) is 4.79 Å². The summed E-state index contributed by atoms with van der Waals surface area (Å²) in [4.78, 5) is 23.2. The van der Waals surface area contributed by atoms with Gasteiger partial charge in [-0.1, -0.05) is 6.92 Å². The third kappa shape index (κ3) is 3.81. The third-order valence-electron chi connectivity index (χ3n) is 2.77. The number of rotatable bonds is 6. The molecule has 2 atom stereocenters. The normalized spacial score (nSPS) is 16.1. The van der Waals surface area contributed by atoms with Gasteiger partial charge in [-0.2, -0.15) is 0 Å². The van der Waals surface area contributed by atoms with Crippen LogP contribution in [-0.2, 0) is 14.3 Å². The van der Waals surface area contributed by atoms with E-state index in [-0.39, 0.29) is 12.5 Å². The monoisotopic (exact) mass is 230 g/mol. The summed E-state index contributed by atoms with van der Waals surface area (Å²) in [6.07, 6.45) is 0.630. The molecule has 2 unspecified atom stereocenters. The topological polar surface area (TPSA) is 81.4 Å². The van der Waals surface area contributed by atoms with E-state index in [4.69, 9.17) is 10.5 Å². The summed E-state index contributed by atoms with van der Waals surface area (Å²) in [6.45, 7) is 7.55.